The van der Waals surface area contributed by atoms with Crippen molar-refractivity contribution in [2.75, 3.05) is 13.7 Å². The van der Waals surface area contributed by atoms with Gasteiger partial charge >= 0.3 is 0 Å². The number of rotatable bonds is 6. The van der Waals surface area contributed by atoms with E-state index < -0.39 is 0 Å². The van der Waals surface area contributed by atoms with E-state index in [1.165, 1.54) is 0 Å². The van der Waals surface area contributed by atoms with Crippen molar-refractivity contribution in [1.29, 1.82) is 0 Å². The molecule has 21 heavy (non-hydrogen) atoms. The van der Waals surface area contributed by atoms with Gasteiger partial charge in [-0.15, -0.1) is 0 Å². The monoisotopic (exact) mass is 286 g/mol. The highest BCUT2D eigenvalue weighted by Gasteiger charge is 2.08. The first-order valence-electron chi connectivity index (χ1n) is 7.16. The molecule has 2 rings (SSSR count). The van der Waals surface area contributed by atoms with Crippen LogP contribution in [-0.4, -0.2) is 18.6 Å². The number of nitrogens with zero attached hydrogens (tertiary/aromatic N) is 1. The van der Waals surface area contributed by atoms with E-state index in [0.29, 0.717) is 11.5 Å². The molecule has 4 heteroatoms. The molecular weight excluding hydrogens is 264 g/mol. The molecule has 0 saturated carbocycles. The van der Waals surface area contributed by atoms with Crippen LogP contribution in [0.1, 0.15) is 31.1 Å². The maximum Gasteiger partial charge on any atom is 0.169 e. The molecular formula is C17H22N2O2. The standard InChI is InChI=1S/C17H22N2O2/c1-5-18-13(3)15-8-7-14(11-19-15)21-16-9-6-12(2)10-17(16)20-4/h6-11,13,18H,5H2,1-4H3. The summed E-state index contributed by atoms with van der Waals surface area (Å²) >= 11 is 0. The van der Waals surface area contributed by atoms with Gasteiger partial charge in [-0.25, -0.2) is 0 Å². The number of nitrogens with one attached hydrogen (secondary N) is 1. The van der Waals surface area contributed by atoms with Gasteiger partial charge in [0.1, 0.15) is 5.75 Å². The number of ether oxygens (including phenoxy) is 2. The van der Waals surface area contributed by atoms with Crippen LogP contribution in [0.5, 0.6) is 17.2 Å². The minimum Gasteiger partial charge on any atom is -0.493 e. The van der Waals surface area contributed by atoms with Crippen molar-refractivity contribution in [2.45, 2.75) is 26.8 Å². The lowest BCUT2D eigenvalue weighted by molar-refractivity contribution is 0.378. The summed E-state index contributed by atoms with van der Waals surface area (Å²) < 4.78 is 11.2. The highest BCUT2D eigenvalue weighted by atomic mass is 16.5. The molecule has 0 aliphatic heterocycles. The summed E-state index contributed by atoms with van der Waals surface area (Å²) in [5.74, 6) is 2.11. The zero-order chi connectivity index (χ0) is 15.2. The Hall–Kier alpha value is -2.07. The van der Waals surface area contributed by atoms with Gasteiger partial charge in [0.15, 0.2) is 11.5 Å². The summed E-state index contributed by atoms with van der Waals surface area (Å²) in [6.45, 7) is 7.11. The summed E-state index contributed by atoms with van der Waals surface area (Å²) in [6, 6.07) is 9.98. The van der Waals surface area contributed by atoms with Gasteiger partial charge in [-0.1, -0.05) is 13.0 Å². The van der Waals surface area contributed by atoms with Gasteiger partial charge in [0.05, 0.1) is 19.0 Å². The molecule has 0 aliphatic carbocycles. The topological polar surface area (TPSA) is 43.4 Å². The van der Waals surface area contributed by atoms with Crippen LogP contribution in [-0.2, 0) is 0 Å². The average Bonchev–Trinajstić information content (AvgIpc) is 2.50. The van der Waals surface area contributed by atoms with E-state index in [0.717, 1.165) is 23.6 Å². The lowest BCUT2D eigenvalue weighted by Gasteiger charge is -2.13. The quantitative estimate of drug-likeness (QED) is 0.875. The molecule has 0 fully saturated rings. The fourth-order valence-electron chi connectivity index (χ4n) is 2.11. The van der Waals surface area contributed by atoms with Crippen molar-refractivity contribution in [3.05, 3.63) is 47.8 Å². The van der Waals surface area contributed by atoms with Crippen LogP contribution in [0.3, 0.4) is 0 Å². The van der Waals surface area contributed by atoms with E-state index >= 15 is 0 Å². The molecule has 0 spiro atoms. The fourth-order valence-corrected chi connectivity index (χ4v) is 2.11. The highest BCUT2D eigenvalue weighted by Crippen LogP contribution is 2.32. The normalized spacial score (nSPS) is 12.0. The Bertz CT molecular complexity index is 582. The van der Waals surface area contributed by atoms with Crippen LogP contribution >= 0.6 is 0 Å². The fraction of sp³-hybridized carbons (Fsp3) is 0.353. The number of hydrogen-bond acceptors (Lipinski definition) is 4. The molecule has 1 heterocycles. The average molecular weight is 286 g/mol. The summed E-state index contributed by atoms with van der Waals surface area (Å²) in [5.41, 5.74) is 2.13. The molecule has 0 aliphatic rings. The molecule has 2 aromatic rings. The molecule has 1 atom stereocenters. The first-order valence-corrected chi connectivity index (χ1v) is 7.16. The lowest BCUT2D eigenvalue weighted by Crippen LogP contribution is -2.18. The molecule has 0 amide bonds. The Morgan fingerprint density at radius 3 is 2.62 bits per heavy atom. The van der Waals surface area contributed by atoms with E-state index in [1.54, 1.807) is 13.3 Å². The molecule has 0 bridgehead atoms. The zero-order valence-electron chi connectivity index (χ0n) is 13.0. The van der Waals surface area contributed by atoms with Gasteiger partial charge in [0, 0.05) is 6.04 Å². The SMILES string of the molecule is CCNC(C)c1ccc(Oc2ccc(C)cc2OC)cn1. The number of pyridine rings is 1. The molecule has 1 unspecified atom stereocenters. The van der Waals surface area contributed by atoms with Crippen LogP contribution in [0.25, 0.3) is 0 Å². The smallest absolute Gasteiger partial charge is 0.169 e. The zero-order valence-corrected chi connectivity index (χ0v) is 13.0. The predicted molar refractivity (Wildman–Crippen MR) is 84.1 cm³/mol. The molecule has 1 aromatic heterocycles. The molecule has 4 nitrogen and oxygen atoms in total. The lowest BCUT2D eigenvalue weighted by atomic mass is 10.2. The molecule has 112 valence electrons. The van der Waals surface area contributed by atoms with Crippen LogP contribution < -0.4 is 14.8 Å². The van der Waals surface area contributed by atoms with E-state index in [2.05, 4.69) is 24.1 Å². The maximum absolute atomic E-state index is 5.84. The number of methoxy groups -OCH3 is 1. The Balaban J connectivity index is 2.13. The van der Waals surface area contributed by atoms with Crippen molar-refractivity contribution in [3.63, 3.8) is 0 Å². The molecule has 0 saturated heterocycles. The number of hydrogen-bond donors (Lipinski definition) is 1. The van der Waals surface area contributed by atoms with Crippen molar-refractivity contribution in [3.8, 4) is 17.2 Å². The third-order valence-corrected chi connectivity index (χ3v) is 3.26. The minimum absolute atomic E-state index is 0.234. The minimum atomic E-state index is 0.234. The van der Waals surface area contributed by atoms with E-state index in [-0.39, 0.29) is 6.04 Å². The Morgan fingerprint density at radius 2 is 2.00 bits per heavy atom. The Labute approximate surface area is 126 Å². The van der Waals surface area contributed by atoms with Gasteiger partial charge in [0.25, 0.3) is 0 Å². The Kier molecular flexibility index (Phi) is 5.17. The molecule has 1 aromatic carbocycles. The van der Waals surface area contributed by atoms with Gasteiger partial charge in [-0.2, -0.15) is 0 Å². The second-order valence-corrected chi connectivity index (χ2v) is 4.95. The second kappa shape index (κ2) is 7.09. The highest BCUT2D eigenvalue weighted by molar-refractivity contribution is 5.44. The van der Waals surface area contributed by atoms with Crippen molar-refractivity contribution < 1.29 is 9.47 Å². The third-order valence-electron chi connectivity index (χ3n) is 3.26. The first-order chi connectivity index (χ1) is 10.1. The van der Waals surface area contributed by atoms with Gasteiger partial charge in [-0.05, 0) is 50.2 Å². The Morgan fingerprint density at radius 1 is 1.19 bits per heavy atom. The maximum atomic E-state index is 5.84. The van der Waals surface area contributed by atoms with Crippen LogP contribution in [0.4, 0.5) is 0 Å². The first kappa shape index (κ1) is 15.3. The largest absolute Gasteiger partial charge is 0.493 e. The van der Waals surface area contributed by atoms with Crippen molar-refractivity contribution in [1.82, 2.24) is 10.3 Å². The number of aryl methyl sites for hydroxylation is 1. The van der Waals surface area contributed by atoms with Gasteiger partial charge in [0.2, 0.25) is 0 Å². The summed E-state index contributed by atoms with van der Waals surface area (Å²) in [7, 11) is 1.64. The third kappa shape index (κ3) is 3.95. The van der Waals surface area contributed by atoms with Gasteiger partial charge < -0.3 is 14.8 Å². The van der Waals surface area contributed by atoms with Crippen LogP contribution in [0.15, 0.2) is 36.5 Å². The summed E-state index contributed by atoms with van der Waals surface area (Å²) in [5, 5.41) is 3.33. The van der Waals surface area contributed by atoms with Gasteiger partial charge in [-0.3, -0.25) is 4.98 Å². The van der Waals surface area contributed by atoms with E-state index in [4.69, 9.17) is 9.47 Å². The number of benzene rings is 1. The van der Waals surface area contributed by atoms with E-state index in [9.17, 15) is 0 Å². The number of aromatic nitrogens is 1. The van der Waals surface area contributed by atoms with E-state index in [1.807, 2.05) is 37.3 Å². The molecule has 0 radical (unpaired) electrons. The van der Waals surface area contributed by atoms with Crippen molar-refractivity contribution >= 4 is 0 Å². The molecule has 1 N–H and O–H groups in total. The van der Waals surface area contributed by atoms with Crippen molar-refractivity contribution in [2.24, 2.45) is 0 Å². The predicted octanol–water partition coefficient (Wildman–Crippen LogP) is 3.86. The van der Waals surface area contributed by atoms with Crippen LogP contribution in [0, 0.1) is 6.92 Å². The summed E-state index contributed by atoms with van der Waals surface area (Å²) in [4.78, 5) is 4.44. The van der Waals surface area contributed by atoms with Crippen LogP contribution in [0.2, 0.25) is 0 Å². The summed E-state index contributed by atoms with van der Waals surface area (Å²) in [6.07, 6.45) is 1.74. The second-order valence-electron chi connectivity index (χ2n) is 4.95.